The van der Waals surface area contributed by atoms with E-state index in [0.717, 1.165) is 12.8 Å². The molecule has 0 unspecified atom stereocenters. The molecule has 18 heavy (non-hydrogen) atoms. The van der Waals surface area contributed by atoms with Crippen molar-refractivity contribution in [3.63, 3.8) is 0 Å². The lowest BCUT2D eigenvalue weighted by Crippen LogP contribution is -2.45. The van der Waals surface area contributed by atoms with E-state index in [9.17, 15) is 18.0 Å². The SMILES string of the molecule is NC(=S)C1CCN(CC(=O)NCC(F)(F)F)CC1. The summed E-state index contributed by atoms with van der Waals surface area (Å²) in [6, 6.07) is 0. The minimum atomic E-state index is -4.37. The molecule has 0 aromatic rings. The molecule has 1 amide bonds. The standard InChI is InChI=1S/C10H16F3N3OS/c11-10(12,13)6-15-8(17)5-16-3-1-7(2-4-16)9(14)18/h7H,1-6H2,(H2,14,18)(H,15,17). The van der Waals surface area contributed by atoms with Crippen LogP contribution in [-0.2, 0) is 4.79 Å². The number of nitrogens with one attached hydrogen (secondary N) is 1. The number of rotatable bonds is 4. The van der Waals surface area contributed by atoms with E-state index in [0.29, 0.717) is 18.1 Å². The van der Waals surface area contributed by atoms with Crippen LogP contribution in [0.25, 0.3) is 0 Å². The zero-order chi connectivity index (χ0) is 13.8. The van der Waals surface area contributed by atoms with E-state index in [4.69, 9.17) is 18.0 Å². The number of nitrogens with zero attached hydrogens (tertiary/aromatic N) is 1. The fourth-order valence-corrected chi connectivity index (χ4v) is 2.07. The van der Waals surface area contributed by atoms with Crippen molar-refractivity contribution in [2.75, 3.05) is 26.2 Å². The van der Waals surface area contributed by atoms with Crippen LogP contribution in [0, 0.1) is 5.92 Å². The van der Waals surface area contributed by atoms with E-state index < -0.39 is 18.6 Å². The Labute approximate surface area is 109 Å². The van der Waals surface area contributed by atoms with E-state index in [-0.39, 0.29) is 12.5 Å². The Hall–Kier alpha value is -0.890. The molecular formula is C10H16F3N3OS. The molecule has 0 aromatic carbocycles. The van der Waals surface area contributed by atoms with Gasteiger partial charge in [-0.2, -0.15) is 13.2 Å². The summed E-state index contributed by atoms with van der Waals surface area (Å²) in [5.74, 6) is -0.435. The lowest BCUT2D eigenvalue weighted by atomic mass is 9.97. The summed E-state index contributed by atoms with van der Waals surface area (Å²) in [6.45, 7) is -0.0434. The van der Waals surface area contributed by atoms with Gasteiger partial charge in [0.1, 0.15) is 6.54 Å². The van der Waals surface area contributed by atoms with Crippen LogP contribution in [0.1, 0.15) is 12.8 Å². The molecule has 0 spiro atoms. The Balaban J connectivity index is 2.24. The fraction of sp³-hybridized carbons (Fsp3) is 0.800. The van der Waals surface area contributed by atoms with Gasteiger partial charge >= 0.3 is 6.18 Å². The van der Waals surface area contributed by atoms with E-state index in [1.807, 2.05) is 5.32 Å². The van der Waals surface area contributed by atoms with Gasteiger partial charge in [0.25, 0.3) is 0 Å². The summed E-state index contributed by atoms with van der Waals surface area (Å²) in [5.41, 5.74) is 5.52. The predicted octanol–water partition coefficient (Wildman–Crippen LogP) is 0.663. The van der Waals surface area contributed by atoms with Crippen LogP contribution in [0.2, 0.25) is 0 Å². The Bertz CT molecular complexity index is 314. The number of piperidine rings is 1. The molecule has 3 N–H and O–H groups in total. The first-order valence-corrected chi connectivity index (χ1v) is 6.04. The molecule has 1 aliphatic heterocycles. The van der Waals surface area contributed by atoms with Crippen molar-refractivity contribution in [2.45, 2.75) is 19.0 Å². The number of thiocarbonyl (C=S) groups is 1. The second kappa shape index (κ2) is 6.33. The number of hydrogen-bond donors (Lipinski definition) is 2. The first kappa shape index (κ1) is 15.2. The van der Waals surface area contributed by atoms with Gasteiger partial charge in [0.15, 0.2) is 0 Å². The third-order valence-electron chi connectivity index (χ3n) is 2.84. The third kappa shape index (κ3) is 5.63. The van der Waals surface area contributed by atoms with Crippen LogP contribution in [-0.4, -0.2) is 48.2 Å². The molecule has 0 aromatic heterocycles. The predicted molar refractivity (Wildman–Crippen MR) is 65.0 cm³/mol. The Morgan fingerprint density at radius 2 is 1.94 bits per heavy atom. The number of alkyl halides is 3. The molecule has 0 aliphatic carbocycles. The van der Waals surface area contributed by atoms with E-state index in [1.54, 1.807) is 4.90 Å². The number of halogens is 3. The van der Waals surface area contributed by atoms with Crippen LogP contribution in [0.15, 0.2) is 0 Å². The van der Waals surface area contributed by atoms with Crippen LogP contribution < -0.4 is 11.1 Å². The maximum atomic E-state index is 11.9. The van der Waals surface area contributed by atoms with Gasteiger partial charge in [-0.1, -0.05) is 12.2 Å². The van der Waals surface area contributed by atoms with Crippen molar-refractivity contribution in [1.29, 1.82) is 0 Å². The van der Waals surface area contributed by atoms with Crippen LogP contribution in [0.4, 0.5) is 13.2 Å². The monoisotopic (exact) mass is 283 g/mol. The van der Waals surface area contributed by atoms with Crippen molar-refractivity contribution in [3.8, 4) is 0 Å². The number of carbonyl (C=O) groups is 1. The van der Waals surface area contributed by atoms with Crippen LogP contribution in [0.5, 0.6) is 0 Å². The number of amides is 1. The number of likely N-dealkylation sites (tertiary alicyclic amines) is 1. The van der Waals surface area contributed by atoms with Gasteiger partial charge in [-0.05, 0) is 25.9 Å². The minimum Gasteiger partial charge on any atom is -0.393 e. The Morgan fingerprint density at radius 1 is 1.39 bits per heavy atom. The van der Waals surface area contributed by atoms with Gasteiger partial charge in [-0.25, -0.2) is 0 Å². The Morgan fingerprint density at radius 3 is 2.39 bits per heavy atom. The first-order chi connectivity index (χ1) is 8.28. The molecule has 1 saturated heterocycles. The van der Waals surface area contributed by atoms with Crippen molar-refractivity contribution < 1.29 is 18.0 Å². The molecule has 104 valence electrons. The highest BCUT2D eigenvalue weighted by molar-refractivity contribution is 7.80. The molecule has 1 aliphatic rings. The van der Waals surface area contributed by atoms with Crippen molar-refractivity contribution >= 4 is 23.1 Å². The summed E-state index contributed by atoms with van der Waals surface area (Å²) < 4.78 is 35.6. The summed E-state index contributed by atoms with van der Waals surface area (Å²) >= 11 is 4.88. The summed E-state index contributed by atoms with van der Waals surface area (Å²) in [4.78, 5) is 13.5. The van der Waals surface area contributed by atoms with Crippen molar-refractivity contribution in [2.24, 2.45) is 11.7 Å². The van der Waals surface area contributed by atoms with E-state index >= 15 is 0 Å². The zero-order valence-corrected chi connectivity index (χ0v) is 10.6. The Kier molecular flexibility index (Phi) is 5.33. The van der Waals surface area contributed by atoms with Gasteiger partial charge in [-0.3, -0.25) is 9.69 Å². The van der Waals surface area contributed by atoms with Crippen molar-refractivity contribution in [1.82, 2.24) is 10.2 Å². The summed E-state index contributed by atoms with van der Waals surface area (Å²) in [6.07, 6.45) is -2.86. The molecule has 0 radical (unpaired) electrons. The highest BCUT2D eigenvalue weighted by Crippen LogP contribution is 2.17. The highest BCUT2D eigenvalue weighted by Gasteiger charge is 2.28. The average molecular weight is 283 g/mol. The zero-order valence-electron chi connectivity index (χ0n) is 9.79. The summed E-state index contributed by atoms with van der Waals surface area (Å²) in [5, 5.41) is 1.85. The van der Waals surface area contributed by atoms with Gasteiger partial charge in [0.2, 0.25) is 5.91 Å². The third-order valence-corrected chi connectivity index (χ3v) is 3.18. The van der Waals surface area contributed by atoms with Gasteiger partial charge in [0, 0.05) is 5.92 Å². The number of nitrogens with two attached hydrogens (primary N) is 1. The van der Waals surface area contributed by atoms with E-state index in [1.165, 1.54) is 0 Å². The second-order valence-corrected chi connectivity index (χ2v) is 4.82. The van der Waals surface area contributed by atoms with Gasteiger partial charge in [0.05, 0.1) is 11.5 Å². The lowest BCUT2D eigenvalue weighted by Gasteiger charge is -2.30. The molecule has 8 heteroatoms. The average Bonchev–Trinajstić information content (AvgIpc) is 2.26. The molecule has 1 rings (SSSR count). The molecule has 0 saturated carbocycles. The molecule has 0 bridgehead atoms. The smallest absolute Gasteiger partial charge is 0.393 e. The molecule has 0 atom stereocenters. The maximum absolute atomic E-state index is 11.9. The van der Waals surface area contributed by atoms with Crippen LogP contribution in [0.3, 0.4) is 0 Å². The van der Waals surface area contributed by atoms with Crippen LogP contribution >= 0.6 is 12.2 Å². The quantitative estimate of drug-likeness (QED) is 0.744. The molecular weight excluding hydrogens is 267 g/mol. The highest BCUT2D eigenvalue weighted by atomic mass is 32.1. The second-order valence-electron chi connectivity index (χ2n) is 4.34. The minimum absolute atomic E-state index is 0.0138. The van der Waals surface area contributed by atoms with E-state index in [2.05, 4.69) is 0 Å². The van der Waals surface area contributed by atoms with Crippen molar-refractivity contribution in [3.05, 3.63) is 0 Å². The largest absolute Gasteiger partial charge is 0.405 e. The molecule has 1 heterocycles. The number of hydrogen-bond acceptors (Lipinski definition) is 3. The molecule has 1 fully saturated rings. The normalized spacial score (nSPS) is 18.6. The van der Waals surface area contributed by atoms with Gasteiger partial charge in [-0.15, -0.1) is 0 Å². The van der Waals surface area contributed by atoms with Gasteiger partial charge < -0.3 is 11.1 Å². The topological polar surface area (TPSA) is 58.4 Å². The fourth-order valence-electron chi connectivity index (χ4n) is 1.83. The number of carbonyl (C=O) groups excluding carboxylic acids is 1. The molecule has 4 nitrogen and oxygen atoms in total. The summed E-state index contributed by atoms with van der Waals surface area (Å²) in [7, 11) is 0. The maximum Gasteiger partial charge on any atom is 0.405 e. The lowest BCUT2D eigenvalue weighted by molar-refractivity contribution is -0.139. The first-order valence-electron chi connectivity index (χ1n) is 5.63.